The average molecular weight is 294 g/mol. The molecule has 1 saturated carbocycles. The first-order chi connectivity index (χ1) is 10.1. The monoisotopic (exact) mass is 294 g/mol. The van der Waals surface area contributed by atoms with E-state index in [0.717, 1.165) is 25.2 Å². The average Bonchev–Trinajstić information content (AvgIpc) is 2.80. The Morgan fingerprint density at radius 2 is 1.86 bits per heavy atom. The molecule has 1 aliphatic carbocycles. The third-order valence-corrected chi connectivity index (χ3v) is 5.40. The normalized spacial score (nSPS) is 29.4. The van der Waals surface area contributed by atoms with Gasteiger partial charge in [0, 0.05) is 6.04 Å². The summed E-state index contributed by atoms with van der Waals surface area (Å²) in [6.45, 7) is 8.90. The summed E-state index contributed by atoms with van der Waals surface area (Å²) in [6, 6.07) is 0.500. The second kappa shape index (κ2) is 7.62. The lowest BCUT2D eigenvalue weighted by Crippen LogP contribution is -2.50. The van der Waals surface area contributed by atoms with Gasteiger partial charge in [-0.1, -0.05) is 53.4 Å². The molecule has 0 radical (unpaired) electrons. The van der Waals surface area contributed by atoms with Gasteiger partial charge < -0.3 is 4.90 Å². The molecule has 3 nitrogen and oxygen atoms in total. The van der Waals surface area contributed by atoms with Crippen LogP contribution in [0.2, 0.25) is 0 Å². The van der Waals surface area contributed by atoms with Crippen LogP contribution < -0.4 is 5.32 Å². The molecule has 1 saturated heterocycles. The van der Waals surface area contributed by atoms with Crippen molar-refractivity contribution in [2.75, 3.05) is 0 Å². The zero-order valence-electron chi connectivity index (χ0n) is 14.4. The Balaban J connectivity index is 2.16. The molecule has 0 spiro atoms. The molecular formula is C18H34N2O. The molecule has 0 aromatic carbocycles. The Labute approximate surface area is 130 Å². The van der Waals surface area contributed by atoms with Gasteiger partial charge in [-0.15, -0.1) is 0 Å². The van der Waals surface area contributed by atoms with Crippen LogP contribution in [0.5, 0.6) is 0 Å². The van der Waals surface area contributed by atoms with Crippen LogP contribution in [0.3, 0.4) is 0 Å². The van der Waals surface area contributed by atoms with E-state index in [1.54, 1.807) is 0 Å². The van der Waals surface area contributed by atoms with Gasteiger partial charge in [0.1, 0.15) is 0 Å². The van der Waals surface area contributed by atoms with Crippen molar-refractivity contribution in [2.24, 2.45) is 11.8 Å². The summed E-state index contributed by atoms with van der Waals surface area (Å²) in [5, 5.41) is 3.62. The number of nitrogens with zero attached hydrogens (tertiary/aromatic N) is 1. The van der Waals surface area contributed by atoms with Gasteiger partial charge in [-0.25, -0.2) is 0 Å². The molecule has 0 aromatic heterocycles. The van der Waals surface area contributed by atoms with Crippen LogP contribution in [0.25, 0.3) is 0 Å². The molecule has 0 bridgehead atoms. The summed E-state index contributed by atoms with van der Waals surface area (Å²) in [6.07, 6.45) is 10.1. The van der Waals surface area contributed by atoms with Crippen LogP contribution in [0.15, 0.2) is 0 Å². The zero-order chi connectivity index (χ0) is 15.4. The largest absolute Gasteiger partial charge is 0.322 e. The van der Waals surface area contributed by atoms with Crippen molar-refractivity contribution < 1.29 is 4.79 Å². The van der Waals surface area contributed by atoms with Crippen LogP contribution in [0.1, 0.15) is 79.1 Å². The van der Waals surface area contributed by atoms with Crippen LogP contribution in [0.4, 0.5) is 0 Å². The number of nitrogens with one attached hydrogen (secondary N) is 1. The van der Waals surface area contributed by atoms with Gasteiger partial charge in [0.25, 0.3) is 0 Å². The molecule has 2 rings (SSSR count). The number of carbonyl (C=O) groups excluding carboxylic acids is 1. The third kappa shape index (κ3) is 3.61. The van der Waals surface area contributed by atoms with E-state index in [-0.39, 0.29) is 12.2 Å². The lowest BCUT2D eigenvalue weighted by Gasteiger charge is -2.40. The van der Waals surface area contributed by atoms with E-state index in [1.807, 2.05) is 0 Å². The quantitative estimate of drug-likeness (QED) is 0.805. The minimum absolute atomic E-state index is 0.0556. The predicted molar refractivity (Wildman–Crippen MR) is 88.0 cm³/mol. The SMILES string of the molecule is CCCC1NC(C(C)C)N(C(CC)C2CCCCC2)C1=O. The van der Waals surface area contributed by atoms with Crippen molar-refractivity contribution in [3.63, 3.8) is 0 Å². The maximum atomic E-state index is 12.9. The summed E-state index contributed by atoms with van der Waals surface area (Å²) in [5.74, 6) is 1.57. The van der Waals surface area contributed by atoms with Crippen molar-refractivity contribution in [1.29, 1.82) is 0 Å². The lowest BCUT2D eigenvalue weighted by molar-refractivity contribution is -0.134. The number of hydrogen-bond donors (Lipinski definition) is 1. The topological polar surface area (TPSA) is 32.3 Å². The molecule has 3 atom stereocenters. The molecule has 3 heteroatoms. The highest BCUT2D eigenvalue weighted by atomic mass is 16.2. The Morgan fingerprint density at radius 1 is 1.19 bits per heavy atom. The third-order valence-electron chi connectivity index (χ3n) is 5.40. The molecular weight excluding hydrogens is 260 g/mol. The molecule has 2 fully saturated rings. The van der Waals surface area contributed by atoms with Crippen LogP contribution in [0, 0.1) is 11.8 Å². The van der Waals surface area contributed by atoms with E-state index in [1.165, 1.54) is 32.1 Å². The van der Waals surface area contributed by atoms with Crippen molar-refractivity contribution in [3.05, 3.63) is 0 Å². The lowest BCUT2D eigenvalue weighted by atomic mass is 9.81. The molecule has 0 aromatic rings. The second-order valence-corrected chi connectivity index (χ2v) is 7.32. The smallest absolute Gasteiger partial charge is 0.241 e. The number of carbonyl (C=O) groups is 1. The number of rotatable bonds is 6. The van der Waals surface area contributed by atoms with Gasteiger partial charge in [0.2, 0.25) is 5.91 Å². The van der Waals surface area contributed by atoms with Crippen LogP contribution in [-0.2, 0) is 4.79 Å². The fourth-order valence-electron chi connectivity index (χ4n) is 4.33. The Kier molecular flexibility index (Phi) is 6.09. The summed E-state index contributed by atoms with van der Waals surface area (Å²) in [7, 11) is 0. The minimum Gasteiger partial charge on any atom is -0.322 e. The number of hydrogen-bond acceptors (Lipinski definition) is 2. The molecule has 3 unspecified atom stereocenters. The Hall–Kier alpha value is -0.570. The maximum Gasteiger partial charge on any atom is 0.241 e. The first-order valence-corrected chi connectivity index (χ1v) is 9.18. The molecule has 1 amide bonds. The Morgan fingerprint density at radius 3 is 2.38 bits per heavy atom. The van der Waals surface area contributed by atoms with Gasteiger partial charge in [-0.05, 0) is 37.5 Å². The first-order valence-electron chi connectivity index (χ1n) is 9.18. The van der Waals surface area contributed by atoms with E-state index >= 15 is 0 Å². The van der Waals surface area contributed by atoms with Gasteiger partial charge >= 0.3 is 0 Å². The molecule has 122 valence electrons. The number of amides is 1. The molecule has 1 N–H and O–H groups in total. The van der Waals surface area contributed by atoms with E-state index in [0.29, 0.717) is 17.9 Å². The van der Waals surface area contributed by atoms with Gasteiger partial charge in [0.15, 0.2) is 0 Å². The zero-order valence-corrected chi connectivity index (χ0v) is 14.4. The summed E-state index contributed by atoms with van der Waals surface area (Å²) in [4.78, 5) is 15.2. The van der Waals surface area contributed by atoms with Crippen molar-refractivity contribution in [2.45, 2.75) is 97.3 Å². The summed E-state index contributed by atoms with van der Waals surface area (Å²) >= 11 is 0. The van der Waals surface area contributed by atoms with Crippen LogP contribution in [-0.4, -0.2) is 29.1 Å². The van der Waals surface area contributed by atoms with Gasteiger partial charge in [-0.2, -0.15) is 0 Å². The second-order valence-electron chi connectivity index (χ2n) is 7.32. The highest BCUT2D eigenvalue weighted by molar-refractivity contribution is 5.84. The molecule has 2 aliphatic rings. The van der Waals surface area contributed by atoms with Crippen LogP contribution >= 0.6 is 0 Å². The summed E-state index contributed by atoms with van der Waals surface area (Å²) < 4.78 is 0. The van der Waals surface area contributed by atoms with E-state index in [4.69, 9.17) is 0 Å². The summed E-state index contributed by atoms with van der Waals surface area (Å²) in [5.41, 5.74) is 0. The first kappa shape index (κ1) is 16.8. The minimum atomic E-state index is 0.0556. The molecule has 1 heterocycles. The fraction of sp³-hybridized carbons (Fsp3) is 0.944. The Bertz CT molecular complexity index is 336. The molecule has 21 heavy (non-hydrogen) atoms. The fourth-order valence-corrected chi connectivity index (χ4v) is 4.33. The van der Waals surface area contributed by atoms with Crippen molar-refractivity contribution in [1.82, 2.24) is 10.2 Å². The standard InChI is InChI=1S/C18H34N2O/c1-5-10-15-18(21)20(17(19-15)13(3)4)16(6-2)14-11-8-7-9-12-14/h13-17,19H,5-12H2,1-4H3. The highest BCUT2D eigenvalue weighted by Crippen LogP contribution is 2.34. The van der Waals surface area contributed by atoms with Gasteiger partial charge in [-0.3, -0.25) is 10.1 Å². The maximum absolute atomic E-state index is 12.9. The highest BCUT2D eigenvalue weighted by Gasteiger charge is 2.44. The van der Waals surface area contributed by atoms with Crippen molar-refractivity contribution >= 4 is 5.91 Å². The predicted octanol–water partition coefficient (Wildman–Crippen LogP) is 3.93. The van der Waals surface area contributed by atoms with E-state index in [2.05, 4.69) is 37.9 Å². The molecule has 1 aliphatic heterocycles. The van der Waals surface area contributed by atoms with Crippen molar-refractivity contribution in [3.8, 4) is 0 Å². The van der Waals surface area contributed by atoms with Gasteiger partial charge in [0.05, 0.1) is 12.2 Å². The van der Waals surface area contributed by atoms with E-state index in [9.17, 15) is 4.79 Å². The van der Waals surface area contributed by atoms with E-state index < -0.39 is 0 Å².